The van der Waals surface area contributed by atoms with Gasteiger partial charge in [0.25, 0.3) is 0 Å². The highest BCUT2D eigenvalue weighted by Crippen LogP contribution is 2.16. The summed E-state index contributed by atoms with van der Waals surface area (Å²) >= 11 is 0. The Morgan fingerprint density at radius 3 is 1.95 bits per heavy atom. The summed E-state index contributed by atoms with van der Waals surface area (Å²) in [6, 6.07) is 7.39. The maximum Gasteiger partial charge on any atom is 0.328 e. The number of aliphatic carboxylic acids is 2. The van der Waals surface area contributed by atoms with E-state index in [1.165, 1.54) is 0 Å². The van der Waals surface area contributed by atoms with Gasteiger partial charge in [0.05, 0.1) is 0 Å². The Hall–Kier alpha value is -2.34. The minimum atomic E-state index is -1.26. The molecule has 0 aliphatic heterocycles. The van der Waals surface area contributed by atoms with E-state index in [0.717, 1.165) is 12.1 Å². The molecule has 0 bridgehead atoms. The van der Waals surface area contributed by atoms with E-state index in [1.54, 1.807) is 6.07 Å². The highest BCUT2D eigenvalue weighted by Gasteiger charge is 1.98. The predicted octanol–water partition coefficient (Wildman–Crippen LogP) is 1.17. The Bertz CT molecular complexity index is 438. The molecule has 1 aromatic carbocycles. The topological polar surface area (TPSA) is 98.1 Å². The fourth-order valence-corrected chi connectivity index (χ4v) is 1.13. The van der Waals surface area contributed by atoms with Crippen LogP contribution in [-0.2, 0) is 16.1 Å². The van der Waals surface area contributed by atoms with Crippen LogP contribution in [0.3, 0.4) is 0 Å². The average Bonchev–Trinajstić information content (AvgIpc) is 2.30. The zero-order valence-corrected chi connectivity index (χ0v) is 10.8. The number of para-hydroxylation sites is 1. The maximum absolute atomic E-state index is 9.55. The molecule has 0 unspecified atom stereocenters. The first kappa shape index (κ1) is 16.7. The Morgan fingerprint density at radius 1 is 1.11 bits per heavy atom. The minimum Gasteiger partial charge on any atom is -0.508 e. The van der Waals surface area contributed by atoms with Gasteiger partial charge in [0.2, 0.25) is 0 Å². The smallest absolute Gasteiger partial charge is 0.328 e. The first-order valence-electron chi connectivity index (χ1n) is 5.38. The van der Waals surface area contributed by atoms with E-state index in [4.69, 9.17) is 10.2 Å². The Balaban J connectivity index is 0.000000362. The molecule has 6 heteroatoms. The predicted molar refractivity (Wildman–Crippen MR) is 69.9 cm³/mol. The van der Waals surface area contributed by atoms with E-state index in [0.29, 0.717) is 17.9 Å². The number of phenols is 1. The largest absolute Gasteiger partial charge is 0.508 e. The van der Waals surface area contributed by atoms with Gasteiger partial charge >= 0.3 is 11.9 Å². The number of hydrogen-bond donors (Lipinski definition) is 3. The molecular formula is C13H17NO5. The van der Waals surface area contributed by atoms with Crippen LogP contribution in [0.4, 0.5) is 0 Å². The first-order chi connectivity index (χ1) is 8.82. The fraction of sp³-hybridized carbons (Fsp3) is 0.231. The monoisotopic (exact) mass is 267 g/mol. The second-order valence-electron chi connectivity index (χ2n) is 3.88. The van der Waals surface area contributed by atoms with Crippen molar-refractivity contribution in [3.63, 3.8) is 0 Å². The molecule has 6 nitrogen and oxygen atoms in total. The van der Waals surface area contributed by atoms with E-state index in [9.17, 15) is 14.7 Å². The Kier molecular flexibility index (Phi) is 7.64. The van der Waals surface area contributed by atoms with Crippen molar-refractivity contribution in [1.29, 1.82) is 0 Å². The van der Waals surface area contributed by atoms with Crippen molar-refractivity contribution in [1.82, 2.24) is 4.90 Å². The lowest BCUT2D eigenvalue weighted by Crippen LogP contribution is -2.10. The van der Waals surface area contributed by atoms with Gasteiger partial charge in [0.1, 0.15) is 5.75 Å². The van der Waals surface area contributed by atoms with E-state index in [2.05, 4.69) is 0 Å². The molecule has 0 aliphatic rings. The summed E-state index contributed by atoms with van der Waals surface area (Å²) in [5, 5.41) is 25.0. The van der Waals surface area contributed by atoms with Gasteiger partial charge < -0.3 is 20.2 Å². The van der Waals surface area contributed by atoms with Crippen LogP contribution in [0.2, 0.25) is 0 Å². The molecular weight excluding hydrogens is 250 g/mol. The van der Waals surface area contributed by atoms with E-state index < -0.39 is 11.9 Å². The molecule has 1 rings (SSSR count). The summed E-state index contributed by atoms with van der Waals surface area (Å²) in [4.78, 5) is 21.1. The molecule has 0 aliphatic carbocycles. The lowest BCUT2D eigenvalue weighted by molar-refractivity contribution is -0.134. The number of nitrogens with zero attached hydrogens (tertiary/aromatic N) is 1. The summed E-state index contributed by atoms with van der Waals surface area (Å²) in [6.45, 7) is 0.784. The van der Waals surface area contributed by atoms with Gasteiger partial charge in [-0.3, -0.25) is 0 Å². The summed E-state index contributed by atoms with van der Waals surface area (Å²) in [5.41, 5.74) is 0.970. The third-order valence-electron chi connectivity index (χ3n) is 1.85. The van der Waals surface area contributed by atoms with Gasteiger partial charge in [-0.05, 0) is 20.2 Å². The van der Waals surface area contributed by atoms with Crippen LogP contribution in [-0.4, -0.2) is 46.3 Å². The van der Waals surface area contributed by atoms with Crippen LogP contribution >= 0.6 is 0 Å². The molecule has 0 atom stereocenters. The number of carboxylic acids is 2. The number of hydrogen-bond acceptors (Lipinski definition) is 4. The number of carbonyl (C=O) groups is 2. The van der Waals surface area contributed by atoms with Crippen molar-refractivity contribution in [3.8, 4) is 5.75 Å². The van der Waals surface area contributed by atoms with Gasteiger partial charge in [-0.1, -0.05) is 18.2 Å². The quantitative estimate of drug-likeness (QED) is 0.708. The number of carboxylic acid groups (broad SMARTS) is 2. The Labute approximate surface area is 111 Å². The fourth-order valence-electron chi connectivity index (χ4n) is 1.13. The summed E-state index contributed by atoms with van der Waals surface area (Å²) in [5.74, 6) is -2.14. The van der Waals surface area contributed by atoms with Crippen molar-refractivity contribution < 1.29 is 24.9 Å². The van der Waals surface area contributed by atoms with Crippen molar-refractivity contribution >= 4 is 11.9 Å². The van der Waals surface area contributed by atoms with Crippen molar-refractivity contribution in [3.05, 3.63) is 42.0 Å². The third kappa shape index (κ3) is 9.37. The highest BCUT2D eigenvalue weighted by atomic mass is 16.4. The number of benzene rings is 1. The lowest BCUT2D eigenvalue weighted by Gasteiger charge is -2.10. The number of aromatic hydroxyl groups is 1. The normalized spacial score (nSPS) is 10.1. The summed E-state index contributed by atoms with van der Waals surface area (Å²) in [6.07, 6.45) is 1.12. The molecule has 0 aromatic heterocycles. The zero-order chi connectivity index (χ0) is 14.8. The summed E-state index contributed by atoms with van der Waals surface area (Å²) in [7, 11) is 3.96. The van der Waals surface area contributed by atoms with Crippen molar-refractivity contribution in [2.45, 2.75) is 6.54 Å². The van der Waals surface area contributed by atoms with Crippen LogP contribution in [0.1, 0.15) is 5.56 Å². The third-order valence-corrected chi connectivity index (χ3v) is 1.85. The highest BCUT2D eigenvalue weighted by molar-refractivity contribution is 5.89. The SMILES string of the molecule is CN(C)Cc1ccccc1O.O=C(O)/C=C\C(=O)O. The summed E-state index contributed by atoms with van der Waals surface area (Å²) < 4.78 is 0. The van der Waals surface area contributed by atoms with Crippen LogP contribution in [0.25, 0.3) is 0 Å². The molecule has 3 N–H and O–H groups in total. The van der Waals surface area contributed by atoms with Crippen LogP contribution < -0.4 is 0 Å². The van der Waals surface area contributed by atoms with Gasteiger partial charge in [0.15, 0.2) is 0 Å². The lowest BCUT2D eigenvalue weighted by atomic mass is 10.2. The molecule has 0 saturated carbocycles. The maximum atomic E-state index is 9.55. The van der Waals surface area contributed by atoms with E-state index in [1.807, 2.05) is 37.2 Å². The van der Waals surface area contributed by atoms with Crippen molar-refractivity contribution in [2.75, 3.05) is 14.1 Å². The number of phenolic OH excluding ortho intramolecular Hbond substituents is 1. The molecule has 0 spiro atoms. The van der Waals surface area contributed by atoms with Gasteiger partial charge in [-0.25, -0.2) is 9.59 Å². The molecule has 0 saturated heterocycles. The van der Waals surface area contributed by atoms with Crippen molar-refractivity contribution in [2.24, 2.45) is 0 Å². The molecule has 0 fully saturated rings. The molecule has 0 amide bonds. The zero-order valence-electron chi connectivity index (χ0n) is 10.8. The number of rotatable bonds is 4. The minimum absolute atomic E-state index is 0.376. The average molecular weight is 267 g/mol. The van der Waals surface area contributed by atoms with E-state index >= 15 is 0 Å². The van der Waals surface area contributed by atoms with Gasteiger partial charge in [-0.2, -0.15) is 0 Å². The van der Waals surface area contributed by atoms with Crippen LogP contribution in [0, 0.1) is 0 Å². The molecule has 19 heavy (non-hydrogen) atoms. The van der Waals surface area contributed by atoms with E-state index in [-0.39, 0.29) is 0 Å². The first-order valence-corrected chi connectivity index (χ1v) is 5.38. The Morgan fingerprint density at radius 2 is 1.58 bits per heavy atom. The molecule has 0 heterocycles. The van der Waals surface area contributed by atoms with Crippen LogP contribution in [0.15, 0.2) is 36.4 Å². The molecule has 1 aromatic rings. The second-order valence-corrected chi connectivity index (χ2v) is 3.88. The van der Waals surface area contributed by atoms with Gasteiger partial charge in [0, 0.05) is 24.3 Å². The second kappa shape index (κ2) is 8.71. The van der Waals surface area contributed by atoms with Crippen LogP contribution in [0.5, 0.6) is 5.75 Å². The van der Waals surface area contributed by atoms with Gasteiger partial charge in [-0.15, -0.1) is 0 Å². The molecule has 104 valence electrons. The standard InChI is InChI=1S/C9H13NO.C4H4O4/c1-10(2)7-8-5-3-4-6-9(8)11;5-3(6)1-2-4(7)8/h3-6,11H,7H2,1-2H3;1-2H,(H,5,6)(H,7,8)/b;2-1-. The molecule has 0 radical (unpaired) electrons.